The average molecular weight is 311 g/mol. The van der Waals surface area contributed by atoms with Crippen LogP contribution in [0.3, 0.4) is 0 Å². The first kappa shape index (κ1) is 15.3. The monoisotopic (exact) mass is 311 g/mol. The molecule has 1 heterocycles. The van der Waals surface area contributed by atoms with Gasteiger partial charge in [0.2, 0.25) is 0 Å². The van der Waals surface area contributed by atoms with E-state index in [0.717, 1.165) is 31.2 Å². The molecule has 1 aromatic carbocycles. The summed E-state index contributed by atoms with van der Waals surface area (Å²) >= 11 is 0. The number of nitrogens with one attached hydrogen (secondary N) is 1. The van der Waals surface area contributed by atoms with Crippen molar-refractivity contribution in [2.24, 2.45) is 16.6 Å². The molecule has 3 rings (SSSR count). The van der Waals surface area contributed by atoms with E-state index >= 15 is 0 Å². The Bertz CT molecular complexity index is 568. The van der Waals surface area contributed by atoms with Crippen LogP contribution in [0.25, 0.3) is 0 Å². The van der Waals surface area contributed by atoms with Gasteiger partial charge in [-0.25, -0.2) is 0 Å². The van der Waals surface area contributed by atoms with E-state index in [9.17, 15) is 13.2 Å². The summed E-state index contributed by atoms with van der Waals surface area (Å²) in [6.07, 6.45) is -0.796. The second kappa shape index (κ2) is 5.91. The van der Waals surface area contributed by atoms with Crippen LogP contribution in [0.4, 0.5) is 13.2 Å². The van der Waals surface area contributed by atoms with Crippen molar-refractivity contribution in [2.45, 2.75) is 43.9 Å². The number of benzene rings is 1. The van der Waals surface area contributed by atoms with E-state index in [4.69, 9.17) is 5.73 Å². The summed E-state index contributed by atoms with van der Waals surface area (Å²) in [5, 5.41) is 3.38. The first-order valence-electron chi connectivity index (χ1n) is 7.65. The Labute approximate surface area is 127 Å². The van der Waals surface area contributed by atoms with E-state index in [1.165, 1.54) is 12.1 Å². The molecule has 1 saturated carbocycles. The lowest BCUT2D eigenvalue weighted by molar-refractivity contribution is -0.137. The second-order valence-electron chi connectivity index (χ2n) is 6.18. The molecule has 1 aliphatic carbocycles. The Balaban J connectivity index is 1.68. The minimum Gasteiger partial charge on any atom is -0.369 e. The molecule has 0 amide bonds. The summed E-state index contributed by atoms with van der Waals surface area (Å²) in [5.74, 6) is 1.32. The molecule has 1 aliphatic heterocycles. The largest absolute Gasteiger partial charge is 0.416 e. The van der Waals surface area contributed by atoms with Crippen molar-refractivity contribution >= 4 is 5.84 Å². The molecule has 3 N–H and O–H groups in total. The zero-order chi connectivity index (χ0) is 15.7. The topological polar surface area (TPSA) is 50.4 Å². The van der Waals surface area contributed by atoms with E-state index in [0.29, 0.717) is 30.5 Å². The predicted octanol–water partition coefficient (Wildman–Crippen LogP) is 2.75. The van der Waals surface area contributed by atoms with Crippen molar-refractivity contribution in [1.82, 2.24) is 5.32 Å². The normalized spacial score (nSPS) is 28.0. The predicted molar refractivity (Wildman–Crippen MR) is 79.7 cm³/mol. The van der Waals surface area contributed by atoms with Gasteiger partial charge in [-0.1, -0.05) is 18.2 Å². The lowest BCUT2D eigenvalue weighted by Crippen LogP contribution is -2.41. The Hall–Kier alpha value is -1.56. The fraction of sp³-hybridized carbons (Fsp3) is 0.562. The van der Waals surface area contributed by atoms with Gasteiger partial charge >= 0.3 is 6.18 Å². The summed E-state index contributed by atoms with van der Waals surface area (Å²) in [4.78, 5) is 4.65. The Morgan fingerprint density at radius 2 is 2.09 bits per heavy atom. The molecule has 0 saturated heterocycles. The molecule has 0 bridgehead atoms. The lowest BCUT2D eigenvalue weighted by atomic mass is 9.83. The molecular weight excluding hydrogens is 291 g/mol. The van der Waals surface area contributed by atoms with E-state index in [2.05, 4.69) is 10.3 Å². The number of hydrogen-bond donors (Lipinski definition) is 2. The highest BCUT2D eigenvalue weighted by Crippen LogP contribution is 2.31. The maximum absolute atomic E-state index is 12.7. The quantitative estimate of drug-likeness (QED) is 0.902. The third-order valence-electron chi connectivity index (χ3n) is 4.56. The third kappa shape index (κ3) is 3.27. The Kier molecular flexibility index (Phi) is 4.12. The van der Waals surface area contributed by atoms with Crippen molar-refractivity contribution in [2.75, 3.05) is 6.54 Å². The van der Waals surface area contributed by atoms with E-state index < -0.39 is 11.7 Å². The van der Waals surface area contributed by atoms with Crippen LogP contribution in [0, 0.1) is 5.92 Å². The highest BCUT2D eigenvalue weighted by Gasteiger charge is 2.35. The Morgan fingerprint density at radius 1 is 1.27 bits per heavy atom. The maximum atomic E-state index is 12.7. The van der Waals surface area contributed by atoms with Gasteiger partial charge in [-0.2, -0.15) is 13.2 Å². The molecule has 1 aromatic rings. The highest BCUT2D eigenvalue weighted by atomic mass is 19.4. The lowest BCUT2D eigenvalue weighted by Gasteiger charge is -2.29. The number of halogens is 3. The number of nitrogens with two attached hydrogens (primary N) is 1. The SMILES string of the molecule is NCC1CCC2N=C(Cc3cccc(C(F)(F)F)c3)NC2C1. The molecule has 0 radical (unpaired) electrons. The Morgan fingerprint density at radius 3 is 2.82 bits per heavy atom. The highest BCUT2D eigenvalue weighted by molar-refractivity contribution is 5.86. The molecule has 3 nitrogen and oxygen atoms in total. The van der Waals surface area contributed by atoms with Gasteiger partial charge in [0.25, 0.3) is 0 Å². The van der Waals surface area contributed by atoms with Crippen LogP contribution in [0.15, 0.2) is 29.3 Å². The van der Waals surface area contributed by atoms with Gasteiger partial charge in [0.05, 0.1) is 11.6 Å². The van der Waals surface area contributed by atoms with E-state index in [1.54, 1.807) is 6.07 Å². The van der Waals surface area contributed by atoms with Crippen molar-refractivity contribution in [1.29, 1.82) is 0 Å². The molecule has 0 spiro atoms. The van der Waals surface area contributed by atoms with E-state index in [1.807, 2.05) is 0 Å². The number of fused-ring (bicyclic) bond motifs is 1. The molecular formula is C16H20F3N3. The standard InChI is InChI=1S/C16H20F3N3/c17-16(18,19)12-3-1-2-10(6-12)8-15-21-13-5-4-11(9-20)7-14(13)22-15/h1-3,6,11,13-14H,4-5,7-9,20H2,(H,21,22). The summed E-state index contributed by atoms with van der Waals surface area (Å²) in [6.45, 7) is 0.688. The van der Waals surface area contributed by atoms with Gasteiger partial charge in [-0.05, 0) is 43.4 Å². The smallest absolute Gasteiger partial charge is 0.369 e. The average Bonchev–Trinajstić information content (AvgIpc) is 2.87. The van der Waals surface area contributed by atoms with Gasteiger partial charge in [-0.15, -0.1) is 0 Å². The van der Waals surface area contributed by atoms with Crippen LogP contribution in [0.5, 0.6) is 0 Å². The fourth-order valence-corrected chi connectivity index (χ4v) is 3.36. The molecule has 22 heavy (non-hydrogen) atoms. The molecule has 120 valence electrons. The van der Waals surface area contributed by atoms with Crippen LogP contribution in [0.2, 0.25) is 0 Å². The van der Waals surface area contributed by atoms with Crippen LogP contribution in [-0.2, 0) is 12.6 Å². The van der Waals surface area contributed by atoms with Crippen molar-refractivity contribution in [3.63, 3.8) is 0 Å². The summed E-state index contributed by atoms with van der Waals surface area (Å²) in [7, 11) is 0. The second-order valence-corrected chi connectivity index (χ2v) is 6.18. The van der Waals surface area contributed by atoms with Crippen molar-refractivity contribution in [3.8, 4) is 0 Å². The number of rotatable bonds is 3. The van der Waals surface area contributed by atoms with Gasteiger partial charge in [0.15, 0.2) is 0 Å². The van der Waals surface area contributed by atoms with Crippen molar-refractivity contribution < 1.29 is 13.2 Å². The van der Waals surface area contributed by atoms with Crippen LogP contribution in [-0.4, -0.2) is 24.5 Å². The van der Waals surface area contributed by atoms with Crippen LogP contribution in [0.1, 0.15) is 30.4 Å². The molecule has 3 unspecified atom stereocenters. The van der Waals surface area contributed by atoms with Gasteiger partial charge in [0.1, 0.15) is 5.84 Å². The zero-order valence-corrected chi connectivity index (χ0v) is 12.2. The minimum absolute atomic E-state index is 0.253. The first-order chi connectivity index (χ1) is 10.5. The fourth-order valence-electron chi connectivity index (χ4n) is 3.36. The van der Waals surface area contributed by atoms with Crippen LogP contribution >= 0.6 is 0 Å². The van der Waals surface area contributed by atoms with E-state index in [-0.39, 0.29) is 6.04 Å². The number of amidine groups is 1. The summed E-state index contributed by atoms with van der Waals surface area (Å²) in [5.41, 5.74) is 5.76. The van der Waals surface area contributed by atoms with Gasteiger partial charge in [0, 0.05) is 12.5 Å². The number of nitrogens with zero attached hydrogens (tertiary/aromatic N) is 1. The molecule has 2 aliphatic rings. The molecule has 6 heteroatoms. The summed E-state index contributed by atoms with van der Waals surface area (Å²) < 4.78 is 38.2. The van der Waals surface area contributed by atoms with Crippen LogP contribution < -0.4 is 11.1 Å². The minimum atomic E-state index is -4.30. The number of aliphatic imine (C=N–C) groups is 1. The third-order valence-corrected chi connectivity index (χ3v) is 4.56. The van der Waals surface area contributed by atoms with Crippen molar-refractivity contribution in [3.05, 3.63) is 35.4 Å². The molecule has 0 aromatic heterocycles. The first-order valence-corrected chi connectivity index (χ1v) is 7.65. The molecule has 1 fully saturated rings. The van der Waals surface area contributed by atoms with Gasteiger partial charge in [-0.3, -0.25) is 4.99 Å². The number of hydrogen-bond acceptors (Lipinski definition) is 3. The van der Waals surface area contributed by atoms with Gasteiger partial charge < -0.3 is 11.1 Å². The maximum Gasteiger partial charge on any atom is 0.416 e. The molecule has 3 atom stereocenters. The number of alkyl halides is 3. The summed E-state index contributed by atoms with van der Waals surface area (Å²) in [6, 6.07) is 6.01. The zero-order valence-electron chi connectivity index (χ0n) is 12.2.